The second kappa shape index (κ2) is 9.30. The van der Waals surface area contributed by atoms with Gasteiger partial charge in [-0.3, -0.25) is 4.79 Å². The topological polar surface area (TPSA) is 26.3 Å². The van der Waals surface area contributed by atoms with Gasteiger partial charge in [0.1, 0.15) is 0 Å². The molecule has 0 spiro atoms. The molecular formula is C11H20O2. The van der Waals surface area contributed by atoms with E-state index in [9.17, 15) is 4.79 Å². The molecule has 0 aromatic carbocycles. The van der Waals surface area contributed by atoms with Gasteiger partial charge in [-0.25, -0.2) is 0 Å². The van der Waals surface area contributed by atoms with E-state index in [1.807, 2.05) is 13.0 Å². The van der Waals surface area contributed by atoms with Gasteiger partial charge in [0.2, 0.25) is 0 Å². The number of ether oxygens (including phenoxy) is 1. The van der Waals surface area contributed by atoms with Crippen molar-refractivity contribution in [2.75, 3.05) is 6.61 Å². The molecule has 76 valence electrons. The summed E-state index contributed by atoms with van der Waals surface area (Å²) in [5.74, 6) is -0.0916. The lowest BCUT2D eigenvalue weighted by Crippen LogP contribution is -2.03. The Labute approximate surface area is 81.0 Å². The number of hydrogen-bond acceptors (Lipinski definition) is 2. The molecule has 0 aliphatic heterocycles. The summed E-state index contributed by atoms with van der Waals surface area (Å²) in [7, 11) is 0. The van der Waals surface area contributed by atoms with Gasteiger partial charge < -0.3 is 4.74 Å². The summed E-state index contributed by atoms with van der Waals surface area (Å²) in [6, 6.07) is 0. The predicted molar refractivity (Wildman–Crippen MR) is 54.5 cm³/mol. The van der Waals surface area contributed by atoms with Crippen LogP contribution in [-0.4, -0.2) is 12.6 Å². The predicted octanol–water partition coefficient (Wildman–Crippen LogP) is 3.08. The summed E-state index contributed by atoms with van der Waals surface area (Å²) in [4.78, 5) is 10.7. The first kappa shape index (κ1) is 12.2. The zero-order valence-electron chi connectivity index (χ0n) is 8.55. The van der Waals surface area contributed by atoms with E-state index in [-0.39, 0.29) is 5.97 Å². The van der Waals surface area contributed by atoms with Crippen LogP contribution in [0.1, 0.15) is 45.4 Å². The molecule has 0 N–H and O–H groups in total. The van der Waals surface area contributed by atoms with Gasteiger partial charge in [0, 0.05) is 6.42 Å². The molecule has 2 heteroatoms. The fourth-order valence-corrected chi connectivity index (χ4v) is 1.03. The van der Waals surface area contributed by atoms with Crippen LogP contribution in [0, 0.1) is 0 Å². The molecular weight excluding hydrogens is 164 g/mol. The van der Waals surface area contributed by atoms with Gasteiger partial charge in [0.05, 0.1) is 6.61 Å². The first-order valence-corrected chi connectivity index (χ1v) is 5.07. The van der Waals surface area contributed by atoms with E-state index in [1.54, 1.807) is 0 Å². The van der Waals surface area contributed by atoms with Gasteiger partial charge in [-0.05, 0) is 19.3 Å². The van der Waals surface area contributed by atoms with Crippen molar-refractivity contribution in [1.29, 1.82) is 0 Å². The SMILES string of the molecule is C=CCCCCCCOC(=O)CC. The maximum Gasteiger partial charge on any atom is 0.305 e. The largest absolute Gasteiger partial charge is 0.466 e. The molecule has 0 amide bonds. The summed E-state index contributed by atoms with van der Waals surface area (Å²) in [5.41, 5.74) is 0. The smallest absolute Gasteiger partial charge is 0.305 e. The Kier molecular flexibility index (Phi) is 8.73. The van der Waals surface area contributed by atoms with Crippen LogP contribution in [0.5, 0.6) is 0 Å². The van der Waals surface area contributed by atoms with Crippen molar-refractivity contribution in [3.05, 3.63) is 12.7 Å². The minimum atomic E-state index is -0.0916. The highest BCUT2D eigenvalue weighted by Crippen LogP contribution is 2.03. The van der Waals surface area contributed by atoms with Gasteiger partial charge >= 0.3 is 5.97 Å². The van der Waals surface area contributed by atoms with Gasteiger partial charge in [-0.15, -0.1) is 6.58 Å². The highest BCUT2D eigenvalue weighted by Gasteiger charge is 1.96. The first-order chi connectivity index (χ1) is 6.31. The van der Waals surface area contributed by atoms with Gasteiger partial charge in [0.15, 0.2) is 0 Å². The number of carbonyl (C=O) groups is 1. The molecule has 0 rings (SSSR count). The zero-order chi connectivity index (χ0) is 9.94. The van der Waals surface area contributed by atoms with Crippen molar-refractivity contribution in [3.63, 3.8) is 0 Å². The third-order valence-corrected chi connectivity index (χ3v) is 1.85. The van der Waals surface area contributed by atoms with Crippen molar-refractivity contribution in [3.8, 4) is 0 Å². The van der Waals surface area contributed by atoms with E-state index in [4.69, 9.17) is 4.74 Å². The van der Waals surface area contributed by atoms with E-state index in [0.29, 0.717) is 13.0 Å². The van der Waals surface area contributed by atoms with E-state index in [2.05, 4.69) is 6.58 Å². The Hall–Kier alpha value is -0.790. The van der Waals surface area contributed by atoms with E-state index < -0.39 is 0 Å². The lowest BCUT2D eigenvalue weighted by molar-refractivity contribution is -0.143. The molecule has 13 heavy (non-hydrogen) atoms. The Morgan fingerprint density at radius 1 is 1.31 bits per heavy atom. The standard InChI is InChI=1S/C11H20O2/c1-3-5-6-7-8-9-10-13-11(12)4-2/h3H,1,4-10H2,2H3. The molecule has 0 fully saturated rings. The maximum absolute atomic E-state index is 10.7. The van der Waals surface area contributed by atoms with Crippen LogP contribution in [0.15, 0.2) is 12.7 Å². The zero-order valence-corrected chi connectivity index (χ0v) is 8.55. The molecule has 0 bridgehead atoms. The van der Waals surface area contributed by atoms with Crippen molar-refractivity contribution >= 4 is 5.97 Å². The monoisotopic (exact) mass is 184 g/mol. The van der Waals surface area contributed by atoms with Crippen LogP contribution >= 0.6 is 0 Å². The van der Waals surface area contributed by atoms with E-state index in [1.165, 1.54) is 12.8 Å². The average molecular weight is 184 g/mol. The molecule has 0 aromatic rings. The molecule has 0 heterocycles. The highest BCUT2D eigenvalue weighted by molar-refractivity contribution is 5.68. The third kappa shape index (κ3) is 9.12. The van der Waals surface area contributed by atoms with Crippen LogP contribution in [0.25, 0.3) is 0 Å². The molecule has 0 saturated heterocycles. The molecule has 0 saturated carbocycles. The number of unbranched alkanes of at least 4 members (excludes halogenated alkanes) is 4. The van der Waals surface area contributed by atoms with E-state index in [0.717, 1.165) is 19.3 Å². The maximum atomic E-state index is 10.7. The van der Waals surface area contributed by atoms with Crippen LogP contribution < -0.4 is 0 Å². The molecule has 0 aliphatic rings. The van der Waals surface area contributed by atoms with Crippen LogP contribution in [0.4, 0.5) is 0 Å². The fourth-order valence-electron chi connectivity index (χ4n) is 1.03. The number of carbonyl (C=O) groups excluding carboxylic acids is 1. The fraction of sp³-hybridized carbons (Fsp3) is 0.727. The summed E-state index contributed by atoms with van der Waals surface area (Å²) in [6.07, 6.45) is 8.05. The second-order valence-corrected chi connectivity index (χ2v) is 3.07. The molecule has 2 nitrogen and oxygen atoms in total. The highest BCUT2D eigenvalue weighted by atomic mass is 16.5. The number of esters is 1. The lowest BCUT2D eigenvalue weighted by atomic mass is 10.1. The second-order valence-electron chi connectivity index (χ2n) is 3.07. The lowest BCUT2D eigenvalue weighted by Gasteiger charge is -2.02. The van der Waals surface area contributed by atoms with Crippen LogP contribution in [-0.2, 0) is 9.53 Å². The van der Waals surface area contributed by atoms with Crippen LogP contribution in [0.2, 0.25) is 0 Å². The summed E-state index contributed by atoms with van der Waals surface area (Å²) >= 11 is 0. The summed E-state index contributed by atoms with van der Waals surface area (Å²) in [6.45, 7) is 6.06. The minimum Gasteiger partial charge on any atom is -0.466 e. The van der Waals surface area contributed by atoms with Crippen molar-refractivity contribution in [1.82, 2.24) is 0 Å². The van der Waals surface area contributed by atoms with Gasteiger partial charge in [0.25, 0.3) is 0 Å². The van der Waals surface area contributed by atoms with Crippen molar-refractivity contribution < 1.29 is 9.53 Å². The minimum absolute atomic E-state index is 0.0916. The molecule has 0 aliphatic carbocycles. The first-order valence-electron chi connectivity index (χ1n) is 5.07. The Bertz CT molecular complexity index is 141. The Morgan fingerprint density at radius 2 is 2.00 bits per heavy atom. The molecule has 0 atom stereocenters. The average Bonchev–Trinajstić information content (AvgIpc) is 2.16. The molecule has 0 radical (unpaired) electrons. The summed E-state index contributed by atoms with van der Waals surface area (Å²) < 4.78 is 4.94. The van der Waals surface area contributed by atoms with Crippen LogP contribution in [0.3, 0.4) is 0 Å². The summed E-state index contributed by atoms with van der Waals surface area (Å²) in [5, 5.41) is 0. The number of rotatable bonds is 8. The third-order valence-electron chi connectivity index (χ3n) is 1.85. The number of allylic oxidation sites excluding steroid dienone is 1. The number of hydrogen-bond donors (Lipinski definition) is 0. The Morgan fingerprint density at radius 3 is 2.62 bits per heavy atom. The Balaban J connectivity index is 2.99. The molecule has 0 unspecified atom stereocenters. The normalized spacial score (nSPS) is 9.62. The van der Waals surface area contributed by atoms with Gasteiger partial charge in [-0.2, -0.15) is 0 Å². The van der Waals surface area contributed by atoms with Crippen molar-refractivity contribution in [2.24, 2.45) is 0 Å². The molecule has 0 aromatic heterocycles. The van der Waals surface area contributed by atoms with E-state index >= 15 is 0 Å². The van der Waals surface area contributed by atoms with Crippen molar-refractivity contribution in [2.45, 2.75) is 45.4 Å². The quantitative estimate of drug-likeness (QED) is 0.329. The van der Waals surface area contributed by atoms with Gasteiger partial charge in [-0.1, -0.05) is 25.8 Å².